The number of fused-ring (bicyclic) bond motifs is 1. The van der Waals surface area contributed by atoms with Gasteiger partial charge in [-0.3, -0.25) is 4.68 Å². The molecule has 2 aromatic heterocycles. The van der Waals surface area contributed by atoms with Crippen LogP contribution >= 0.6 is 11.3 Å². The minimum absolute atomic E-state index is 1.26. The molecule has 0 atom stereocenters. The number of rotatable bonds is 1. The molecule has 0 aliphatic heterocycles. The summed E-state index contributed by atoms with van der Waals surface area (Å²) >= 11 is 1.76. The Morgan fingerprint density at radius 3 is 3.20 bits per heavy atom. The van der Waals surface area contributed by atoms with Crippen molar-refractivity contribution in [2.75, 3.05) is 12.5 Å². The van der Waals surface area contributed by atoms with Crippen molar-refractivity contribution in [3.8, 4) is 0 Å². The summed E-state index contributed by atoms with van der Waals surface area (Å²) in [5, 5.41) is 2.10. The zero-order chi connectivity index (χ0) is 6.97. The molecule has 2 nitrogen and oxygen atoms in total. The maximum Gasteiger partial charge on any atom is 0.0799 e. The zero-order valence-corrected chi connectivity index (χ0v) is 6.48. The van der Waals surface area contributed by atoms with Crippen LogP contribution in [-0.4, -0.2) is 11.7 Å². The van der Waals surface area contributed by atoms with Crippen LogP contribution in [0.5, 0.6) is 0 Å². The Kier molecular flexibility index (Phi) is 1.17. The quantitative estimate of drug-likeness (QED) is 0.660. The van der Waals surface area contributed by atoms with Crippen LogP contribution in [0.25, 0.3) is 10.2 Å². The molecule has 0 bridgehead atoms. The standard InChI is InChI=1S/C7H8N2S/c1-8-9-4-2-7-6(9)3-5-10-7/h2-5,8H,1H3. The number of aromatic nitrogens is 1. The van der Waals surface area contributed by atoms with Gasteiger partial charge in [-0.15, -0.1) is 11.3 Å². The molecule has 52 valence electrons. The summed E-state index contributed by atoms with van der Waals surface area (Å²) in [5.41, 5.74) is 4.32. The number of thiophene rings is 1. The first kappa shape index (κ1) is 5.80. The van der Waals surface area contributed by atoms with Crippen LogP contribution in [0.3, 0.4) is 0 Å². The van der Waals surface area contributed by atoms with Gasteiger partial charge in [-0.2, -0.15) is 0 Å². The zero-order valence-electron chi connectivity index (χ0n) is 5.66. The van der Waals surface area contributed by atoms with Crippen molar-refractivity contribution in [2.24, 2.45) is 0 Å². The molecule has 0 amide bonds. The van der Waals surface area contributed by atoms with E-state index in [4.69, 9.17) is 0 Å². The molecule has 2 heterocycles. The topological polar surface area (TPSA) is 17.0 Å². The lowest BCUT2D eigenvalue weighted by Crippen LogP contribution is -2.05. The third-order valence-electron chi connectivity index (χ3n) is 1.55. The fraction of sp³-hybridized carbons (Fsp3) is 0.143. The van der Waals surface area contributed by atoms with Gasteiger partial charge in [-0.1, -0.05) is 0 Å². The first-order valence-corrected chi connectivity index (χ1v) is 4.02. The second kappa shape index (κ2) is 2.02. The van der Waals surface area contributed by atoms with E-state index in [2.05, 4.69) is 22.9 Å². The highest BCUT2D eigenvalue weighted by atomic mass is 32.1. The van der Waals surface area contributed by atoms with Crippen LogP contribution in [0.1, 0.15) is 0 Å². The molecule has 0 fully saturated rings. The predicted molar refractivity (Wildman–Crippen MR) is 45.1 cm³/mol. The smallest absolute Gasteiger partial charge is 0.0799 e. The van der Waals surface area contributed by atoms with E-state index in [0.717, 1.165) is 0 Å². The van der Waals surface area contributed by atoms with Gasteiger partial charge in [0.1, 0.15) is 0 Å². The maximum atomic E-state index is 3.06. The maximum absolute atomic E-state index is 3.06. The molecular weight excluding hydrogens is 144 g/mol. The average molecular weight is 152 g/mol. The molecule has 0 saturated carbocycles. The van der Waals surface area contributed by atoms with Gasteiger partial charge in [-0.25, -0.2) is 0 Å². The van der Waals surface area contributed by atoms with Crippen LogP contribution in [-0.2, 0) is 0 Å². The fourth-order valence-corrected chi connectivity index (χ4v) is 1.83. The van der Waals surface area contributed by atoms with Crippen LogP contribution in [0, 0.1) is 0 Å². The van der Waals surface area contributed by atoms with Crippen LogP contribution < -0.4 is 5.43 Å². The number of hydrogen-bond donors (Lipinski definition) is 1. The van der Waals surface area contributed by atoms with Crippen molar-refractivity contribution in [1.29, 1.82) is 0 Å². The molecule has 3 heteroatoms. The van der Waals surface area contributed by atoms with Crippen molar-refractivity contribution < 1.29 is 0 Å². The summed E-state index contributed by atoms with van der Waals surface area (Å²) in [6, 6.07) is 4.22. The van der Waals surface area contributed by atoms with Crippen molar-refractivity contribution in [2.45, 2.75) is 0 Å². The van der Waals surface area contributed by atoms with E-state index in [1.807, 2.05) is 17.9 Å². The van der Waals surface area contributed by atoms with E-state index >= 15 is 0 Å². The molecule has 0 aliphatic rings. The lowest BCUT2D eigenvalue weighted by atomic mass is 10.5. The van der Waals surface area contributed by atoms with E-state index in [-0.39, 0.29) is 0 Å². The van der Waals surface area contributed by atoms with Crippen LogP contribution in [0.15, 0.2) is 23.7 Å². The van der Waals surface area contributed by atoms with Crippen molar-refractivity contribution >= 4 is 21.6 Å². The molecule has 0 radical (unpaired) electrons. The highest BCUT2D eigenvalue weighted by Gasteiger charge is 1.97. The minimum atomic E-state index is 1.26. The summed E-state index contributed by atoms with van der Waals surface area (Å²) in [4.78, 5) is 0. The van der Waals surface area contributed by atoms with E-state index in [0.29, 0.717) is 0 Å². The van der Waals surface area contributed by atoms with E-state index in [1.54, 1.807) is 11.3 Å². The van der Waals surface area contributed by atoms with Crippen molar-refractivity contribution in [3.63, 3.8) is 0 Å². The number of hydrogen-bond acceptors (Lipinski definition) is 2. The van der Waals surface area contributed by atoms with E-state index in [1.165, 1.54) is 10.2 Å². The third-order valence-corrected chi connectivity index (χ3v) is 2.42. The SMILES string of the molecule is CNn1ccc2sccc21. The van der Waals surface area contributed by atoms with Gasteiger partial charge < -0.3 is 5.43 Å². The lowest BCUT2D eigenvalue weighted by Gasteiger charge is -1.98. The van der Waals surface area contributed by atoms with Gasteiger partial charge in [0.05, 0.1) is 10.2 Å². The fourth-order valence-electron chi connectivity index (χ4n) is 1.06. The monoisotopic (exact) mass is 152 g/mol. The number of nitrogens with one attached hydrogen (secondary N) is 1. The molecular formula is C7H8N2S. The third kappa shape index (κ3) is 0.640. The molecule has 0 spiro atoms. The first-order chi connectivity index (χ1) is 4.92. The highest BCUT2D eigenvalue weighted by Crippen LogP contribution is 2.20. The van der Waals surface area contributed by atoms with Gasteiger partial charge in [0, 0.05) is 13.2 Å². The van der Waals surface area contributed by atoms with Crippen LogP contribution in [0.2, 0.25) is 0 Å². The summed E-state index contributed by atoms with van der Waals surface area (Å²) in [6.45, 7) is 0. The Hall–Kier alpha value is -0.960. The van der Waals surface area contributed by atoms with Gasteiger partial charge in [0.15, 0.2) is 0 Å². The van der Waals surface area contributed by atoms with Crippen molar-refractivity contribution in [1.82, 2.24) is 4.68 Å². The van der Waals surface area contributed by atoms with Gasteiger partial charge >= 0.3 is 0 Å². The molecule has 0 saturated heterocycles. The Labute approximate surface area is 63.1 Å². The molecule has 0 unspecified atom stereocenters. The highest BCUT2D eigenvalue weighted by molar-refractivity contribution is 7.17. The molecule has 10 heavy (non-hydrogen) atoms. The second-order valence-electron chi connectivity index (χ2n) is 2.08. The van der Waals surface area contributed by atoms with Gasteiger partial charge in [-0.05, 0) is 17.5 Å². The lowest BCUT2D eigenvalue weighted by molar-refractivity contribution is 0.977. The van der Waals surface area contributed by atoms with Gasteiger partial charge in [0.25, 0.3) is 0 Å². The van der Waals surface area contributed by atoms with Gasteiger partial charge in [0.2, 0.25) is 0 Å². The Morgan fingerprint density at radius 2 is 2.40 bits per heavy atom. The Bertz CT molecular complexity index is 334. The molecule has 0 aromatic carbocycles. The van der Waals surface area contributed by atoms with E-state index in [9.17, 15) is 0 Å². The molecule has 2 rings (SSSR count). The van der Waals surface area contributed by atoms with E-state index < -0.39 is 0 Å². The Balaban J connectivity index is 2.76. The summed E-state index contributed by atoms with van der Waals surface area (Å²) in [5.74, 6) is 0. The predicted octanol–water partition coefficient (Wildman–Crippen LogP) is 1.88. The normalized spacial score (nSPS) is 10.5. The first-order valence-electron chi connectivity index (χ1n) is 3.14. The summed E-state index contributed by atoms with van der Waals surface area (Å²) < 4.78 is 3.33. The minimum Gasteiger partial charge on any atom is -0.329 e. The Morgan fingerprint density at radius 1 is 1.50 bits per heavy atom. The largest absolute Gasteiger partial charge is 0.329 e. The second-order valence-corrected chi connectivity index (χ2v) is 3.03. The molecule has 0 aliphatic carbocycles. The summed E-state index contributed by atoms with van der Waals surface area (Å²) in [6.07, 6.45) is 2.03. The average Bonchev–Trinajstić information content (AvgIpc) is 2.44. The number of nitrogens with zero attached hydrogens (tertiary/aromatic N) is 1. The van der Waals surface area contributed by atoms with Crippen molar-refractivity contribution in [3.05, 3.63) is 23.7 Å². The summed E-state index contributed by atoms with van der Waals surface area (Å²) in [7, 11) is 1.91. The molecule has 1 N–H and O–H groups in total. The molecule has 2 aromatic rings. The van der Waals surface area contributed by atoms with Crippen LogP contribution in [0.4, 0.5) is 0 Å².